The van der Waals surface area contributed by atoms with Crippen molar-refractivity contribution < 1.29 is 22.8 Å². The number of piperidine rings is 1. The summed E-state index contributed by atoms with van der Waals surface area (Å²) in [6, 6.07) is 4.77. The number of carbonyl (C=O) groups excluding carboxylic acids is 2. The maximum Gasteiger partial charge on any atom is 0.408 e. The number of alkyl halides is 3. The van der Waals surface area contributed by atoms with Gasteiger partial charge in [-0.3, -0.25) is 9.59 Å². The summed E-state index contributed by atoms with van der Waals surface area (Å²) >= 11 is 0. The van der Waals surface area contributed by atoms with Crippen molar-refractivity contribution in [3.63, 3.8) is 0 Å². The third-order valence-corrected chi connectivity index (χ3v) is 4.17. The summed E-state index contributed by atoms with van der Waals surface area (Å²) in [5.74, 6) is -1.12. The first-order valence-corrected chi connectivity index (χ1v) is 7.64. The van der Waals surface area contributed by atoms with Gasteiger partial charge in [0.2, 0.25) is 11.8 Å². The number of nitrogens with one attached hydrogen (secondary N) is 1. The number of hydrogen-bond acceptors (Lipinski definition) is 3. The molecule has 1 aliphatic rings. The molecule has 1 saturated heterocycles. The second-order valence-electron chi connectivity index (χ2n) is 5.95. The zero-order valence-electron chi connectivity index (χ0n) is 13.3. The average Bonchev–Trinajstić information content (AvgIpc) is 2.52. The topological polar surface area (TPSA) is 75.4 Å². The van der Waals surface area contributed by atoms with Gasteiger partial charge < -0.3 is 16.0 Å². The van der Waals surface area contributed by atoms with E-state index >= 15 is 0 Å². The van der Waals surface area contributed by atoms with E-state index in [4.69, 9.17) is 5.73 Å². The van der Waals surface area contributed by atoms with Gasteiger partial charge in [0.1, 0.15) is 6.04 Å². The lowest BCUT2D eigenvalue weighted by Gasteiger charge is -2.40. The maximum atomic E-state index is 13.0. The Balaban J connectivity index is 1.98. The van der Waals surface area contributed by atoms with E-state index in [9.17, 15) is 22.8 Å². The van der Waals surface area contributed by atoms with Crippen molar-refractivity contribution in [1.82, 2.24) is 10.2 Å². The van der Waals surface area contributed by atoms with Crippen LogP contribution in [-0.4, -0.2) is 41.5 Å². The molecule has 24 heavy (non-hydrogen) atoms. The highest BCUT2D eigenvalue weighted by Crippen LogP contribution is 2.32. The Kier molecular flexibility index (Phi) is 5.48. The first-order chi connectivity index (χ1) is 11.2. The van der Waals surface area contributed by atoms with Crippen molar-refractivity contribution in [1.29, 1.82) is 0 Å². The summed E-state index contributed by atoms with van der Waals surface area (Å²) in [5.41, 5.74) is 6.40. The number of likely N-dealkylation sites (tertiary alicyclic amines) is 1. The molecule has 0 aromatic heterocycles. The van der Waals surface area contributed by atoms with Crippen LogP contribution in [-0.2, 0) is 11.3 Å². The van der Waals surface area contributed by atoms with Crippen LogP contribution < -0.4 is 11.1 Å². The van der Waals surface area contributed by atoms with Gasteiger partial charge in [0.25, 0.3) is 0 Å². The molecule has 1 aromatic rings. The molecule has 1 fully saturated rings. The average molecular weight is 343 g/mol. The minimum Gasteiger partial charge on any atom is -0.366 e. The number of benzene rings is 1. The molecule has 1 aliphatic heterocycles. The normalized spacial score (nSPS) is 21.6. The van der Waals surface area contributed by atoms with Crippen LogP contribution in [0.25, 0.3) is 0 Å². The van der Waals surface area contributed by atoms with Crippen LogP contribution >= 0.6 is 0 Å². The fourth-order valence-electron chi connectivity index (χ4n) is 2.92. The Labute approximate surface area is 138 Å². The number of hydrogen-bond donors (Lipinski definition) is 2. The van der Waals surface area contributed by atoms with Gasteiger partial charge in [-0.05, 0) is 30.5 Å². The van der Waals surface area contributed by atoms with Crippen molar-refractivity contribution in [3.8, 4) is 0 Å². The van der Waals surface area contributed by atoms with Gasteiger partial charge in [-0.1, -0.05) is 12.1 Å². The lowest BCUT2D eigenvalue weighted by molar-refractivity contribution is -0.196. The van der Waals surface area contributed by atoms with E-state index in [1.54, 1.807) is 24.3 Å². The predicted molar refractivity (Wildman–Crippen MR) is 82.1 cm³/mol. The first kappa shape index (κ1) is 18.3. The van der Waals surface area contributed by atoms with Crippen molar-refractivity contribution >= 4 is 11.8 Å². The van der Waals surface area contributed by atoms with Gasteiger partial charge in [-0.15, -0.1) is 0 Å². The molecule has 3 N–H and O–H groups in total. The number of halogens is 3. The zero-order chi connectivity index (χ0) is 17.9. The Bertz CT molecular complexity index is 619. The molecule has 8 heteroatoms. The van der Waals surface area contributed by atoms with E-state index in [1.165, 1.54) is 0 Å². The summed E-state index contributed by atoms with van der Waals surface area (Å²) in [7, 11) is 0. The molecule has 0 bridgehead atoms. The quantitative estimate of drug-likeness (QED) is 0.876. The summed E-state index contributed by atoms with van der Waals surface area (Å²) < 4.78 is 39.0. The molecule has 5 nitrogen and oxygen atoms in total. The number of nitrogens with zero attached hydrogens (tertiary/aromatic N) is 1. The largest absolute Gasteiger partial charge is 0.408 e. The molecule has 0 saturated carbocycles. The third-order valence-electron chi connectivity index (χ3n) is 4.17. The lowest BCUT2D eigenvalue weighted by Crippen LogP contribution is -2.57. The van der Waals surface area contributed by atoms with Gasteiger partial charge in [0.05, 0.1) is 0 Å². The van der Waals surface area contributed by atoms with Gasteiger partial charge >= 0.3 is 6.18 Å². The Morgan fingerprint density at radius 2 is 2.04 bits per heavy atom. The van der Waals surface area contributed by atoms with Crippen LogP contribution in [0.4, 0.5) is 13.2 Å². The molecular formula is C16H20F3N3O2. The SMILES string of the molecule is CC(=O)N1CC(NCc2cccc(C(N)=O)c2)CCC1C(F)(F)F. The van der Waals surface area contributed by atoms with E-state index < -0.39 is 24.0 Å². The smallest absolute Gasteiger partial charge is 0.366 e. The number of carbonyl (C=O) groups is 2. The van der Waals surface area contributed by atoms with Crippen LogP contribution in [0.3, 0.4) is 0 Å². The van der Waals surface area contributed by atoms with Crippen molar-refractivity contribution in [2.45, 2.75) is 44.6 Å². The van der Waals surface area contributed by atoms with E-state index in [0.29, 0.717) is 18.5 Å². The molecule has 2 amide bonds. The lowest BCUT2D eigenvalue weighted by atomic mass is 9.97. The van der Waals surface area contributed by atoms with Gasteiger partial charge in [0, 0.05) is 31.6 Å². The molecule has 0 radical (unpaired) electrons. The van der Waals surface area contributed by atoms with Gasteiger partial charge in [-0.2, -0.15) is 13.2 Å². The van der Waals surface area contributed by atoms with E-state index in [-0.39, 0.29) is 19.0 Å². The Hall–Kier alpha value is -2.09. The minimum atomic E-state index is -4.41. The van der Waals surface area contributed by atoms with Crippen LogP contribution in [0.2, 0.25) is 0 Å². The highest BCUT2D eigenvalue weighted by molar-refractivity contribution is 5.92. The van der Waals surface area contributed by atoms with Crippen molar-refractivity contribution in [2.24, 2.45) is 5.73 Å². The standard InChI is InChI=1S/C16H20F3N3O2/c1-10(23)22-9-13(5-6-14(22)16(17,18)19)21-8-11-3-2-4-12(7-11)15(20)24/h2-4,7,13-14,21H,5-6,8-9H2,1H3,(H2,20,24). The monoisotopic (exact) mass is 343 g/mol. The number of nitrogens with two attached hydrogens (primary N) is 1. The first-order valence-electron chi connectivity index (χ1n) is 7.64. The van der Waals surface area contributed by atoms with Crippen molar-refractivity contribution in [2.75, 3.05) is 6.54 Å². The summed E-state index contributed by atoms with van der Waals surface area (Å²) in [6.07, 6.45) is -4.21. The van der Waals surface area contributed by atoms with Crippen LogP contribution in [0, 0.1) is 0 Å². The molecule has 0 aliphatic carbocycles. The number of primary amides is 1. The highest BCUT2D eigenvalue weighted by Gasteiger charge is 2.47. The molecule has 132 valence electrons. The number of rotatable bonds is 4. The molecule has 2 atom stereocenters. The predicted octanol–water partition coefficient (Wildman–Crippen LogP) is 1.82. The fraction of sp³-hybridized carbons (Fsp3) is 0.500. The van der Waals surface area contributed by atoms with Crippen LogP contribution in [0.1, 0.15) is 35.7 Å². The van der Waals surface area contributed by atoms with Gasteiger partial charge in [0.15, 0.2) is 0 Å². The Morgan fingerprint density at radius 1 is 1.33 bits per heavy atom. The van der Waals surface area contributed by atoms with Gasteiger partial charge in [-0.25, -0.2) is 0 Å². The minimum absolute atomic E-state index is 0.00895. The van der Waals surface area contributed by atoms with E-state index in [1.807, 2.05) is 0 Å². The maximum absolute atomic E-state index is 13.0. The zero-order valence-corrected chi connectivity index (χ0v) is 13.3. The van der Waals surface area contributed by atoms with Crippen LogP contribution in [0.15, 0.2) is 24.3 Å². The molecule has 2 unspecified atom stereocenters. The second-order valence-corrected chi connectivity index (χ2v) is 5.95. The molecule has 1 aromatic carbocycles. The fourth-order valence-corrected chi connectivity index (χ4v) is 2.92. The third kappa shape index (κ3) is 4.47. The second kappa shape index (κ2) is 7.21. The van der Waals surface area contributed by atoms with Crippen LogP contribution in [0.5, 0.6) is 0 Å². The summed E-state index contributed by atoms with van der Waals surface area (Å²) in [4.78, 5) is 23.6. The summed E-state index contributed by atoms with van der Waals surface area (Å²) in [6.45, 7) is 1.54. The molecular weight excluding hydrogens is 323 g/mol. The van der Waals surface area contributed by atoms with Crippen molar-refractivity contribution in [3.05, 3.63) is 35.4 Å². The van der Waals surface area contributed by atoms with E-state index in [0.717, 1.165) is 17.4 Å². The van der Waals surface area contributed by atoms with E-state index in [2.05, 4.69) is 5.32 Å². The summed E-state index contributed by atoms with van der Waals surface area (Å²) in [5, 5.41) is 3.15. The molecule has 2 rings (SSSR count). The molecule has 0 spiro atoms. The Morgan fingerprint density at radius 3 is 2.62 bits per heavy atom. The molecule has 1 heterocycles. The highest BCUT2D eigenvalue weighted by atomic mass is 19.4. The number of amides is 2.